The summed E-state index contributed by atoms with van der Waals surface area (Å²) in [4.78, 5) is 8.23. The summed E-state index contributed by atoms with van der Waals surface area (Å²) in [6, 6.07) is 0. The van der Waals surface area contributed by atoms with Crippen molar-refractivity contribution in [3.63, 3.8) is 0 Å². The molecule has 0 aliphatic heterocycles. The summed E-state index contributed by atoms with van der Waals surface area (Å²) in [5.41, 5.74) is 9.46. The zero-order valence-corrected chi connectivity index (χ0v) is 7.87. The Labute approximate surface area is 80.1 Å². The van der Waals surface area contributed by atoms with Crippen LogP contribution in [-0.4, -0.2) is 14.5 Å². The summed E-state index contributed by atoms with van der Waals surface area (Å²) in [5.74, 6) is 0. The molecule has 0 fully saturated rings. The molecule has 2 aromatic rings. The molecule has 0 unspecified atom stereocenters. The smallest absolute Gasteiger partial charge is 0.0952 e. The van der Waals surface area contributed by atoms with Crippen LogP contribution in [0.15, 0.2) is 23.4 Å². The molecular formula is C8H10N4S. The lowest BCUT2D eigenvalue weighted by atomic mass is 10.4. The molecule has 2 aromatic heterocycles. The molecule has 5 heteroatoms. The Kier molecular flexibility index (Phi) is 2.37. The first-order chi connectivity index (χ1) is 6.40. The van der Waals surface area contributed by atoms with Gasteiger partial charge < -0.3 is 10.3 Å². The number of nitrogens with two attached hydrogens (primary N) is 1. The van der Waals surface area contributed by atoms with Gasteiger partial charge in [0, 0.05) is 18.1 Å². The number of nitrogens with zero attached hydrogens (tertiary/aromatic N) is 3. The molecule has 0 bridgehead atoms. The maximum atomic E-state index is 5.55. The van der Waals surface area contributed by atoms with Gasteiger partial charge in [-0.2, -0.15) is 0 Å². The molecule has 0 radical (unpaired) electrons. The molecule has 0 saturated heterocycles. The second kappa shape index (κ2) is 3.68. The van der Waals surface area contributed by atoms with Crippen LogP contribution >= 0.6 is 11.3 Å². The monoisotopic (exact) mass is 194 g/mol. The summed E-state index contributed by atoms with van der Waals surface area (Å²) >= 11 is 1.60. The van der Waals surface area contributed by atoms with E-state index in [1.54, 1.807) is 23.9 Å². The van der Waals surface area contributed by atoms with E-state index in [9.17, 15) is 0 Å². The highest BCUT2D eigenvalue weighted by Gasteiger charge is 2.01. The Morgan fingerprint density at radius 2 is 2.46 bits per heavy atom. The second-order valence-electron chi connectivity index (χ2n) is 2.70. The predicted molar refractivity (Wildman–Crippen MR) is 51.3 cm³/mol. The number of thiazole rings is 1. The maximum absolute atomic E-state index is 5.55. The average molecular weight is 194 g/mol. The molecule has 2 heterocycles. The molecule has 2 N–H and O–H groups in total. The van der Waals surface area contributed by atoms with Crippen molar-refractivity contribution in [1.29, 1.82) is 0 Å². The van der Waals surface area contributed by atoms with Crippen LogP contribution in [0.5, 0.6) is 0 Å². The first-order valence-corrected chi connectivity index (χ1v) is 4.90. The molecule has 0 atom stereocenters. The molecule has 13 heavy (non-hydrogen) atoms. The Morgan fingerprint density at radius 3 is 3.15 bits per heavy atom. The van der Waals surface area contributed by atoms with Gasteiger partial charge in [0.25, 0.3) is 0 Å². The molecule has 0 amide bonds. The quantitative estimate of drug-likeness (QED) is 0.788. The fourth-order valence-electron chi connectivity index (χ4n) is 1.15. The first kappa shape index (κ1) is 8.40. The van der Waals surface area contributed by atoms with Gasteiger partial charge >= 0.3 is 0 Å². The topological polar surface area (TPSA) is 56.7 Å². The first-order valence-electron chi connectivity index (χ1n) is 3.96. The standard InChI is InChI=1S/C8H10N4S/c9-1-8-2-10-5-12(8)3-7-4-13-6-11-7/h2,4-6H,1,3,9H2. The van der Waals surface area contributed by atoms with Crippen molar-refractivity contribution in [2.45, 2.75) is 13.1 Å². The predicted octanol–water partition coefficient (Wildman–Crippen LogP) is 0.847. The van der Waals surface area contributed by atoms with E-state index in [0.29, 0.717) is 6.54 Å². The van der Waals surface area contributed by atoms with E-state index in [4.69, 9.17) is 5.73 Å². The summed E-state index contributed by atoms with van der Waals surface area (Å²) in [6.07, 6.45) is 3.56. The van der Waals surface area contributed by atoms with Crippen molar-refractivity contribution in [3.05, 3.63) is 34.8 Å². The zero-order valence-electron chi connectivity index (χ0n) is 7.05. The van der Waals surface area contributed by atoms with Crippen LogP contribution in [-0.2, 0) is 13.1 Å². The normalized spacial score (nSPS) is 10.5. The molecule has 2 rings (SSSR count). The van der Waals surface area contributed by atoms with Crippen molar-refractivity contribution in [2.75, 3.05) is 0 Å². The fraction of sp³-hybridized carbons (Fsp3) is 0.250. The number of hydrogen-bond donors (Lipinski definition) is 1. The lowest BCUT2D eigenvalue weighted by Gasteiger charge is -2.02. The van der Waals surface area contributed by atoms with E-state index < -0.39 is 0 Å². The summed E-state index contributed by atoms with van der Waals surface area (Å²) in [6.45, 7) is 1.28. The zero-order chi connectivity index (χ0) is 9.10. The van der Waals surface area contributed by atoms with Gasteiger partial charge in [-0.3, -0.25) is 0 Å². The van der Waals surface area contributed by atoms with E-state index in [1.165, 1.54) is 0 Å². The fourth-order valence-corrected chi connectivity index (χ4v) is 1.70. The Bertz CT molecular complexity index is 365. The lowest BCUT2D eigenvalue weighted by Crippen LogP contribution is -2.07. The van der Waals surface area contributed by atoms with Crippen LogP contribution in [0.1, 0.15) is 11.4 Å². The van der Waals surface area contributed by atoms with Crippen molar-refractivity contribution >= 4 is 11.3 Å². The molecule has 0 saturated carbocycles. The van der Waals surface area contributed by atoms with Crippen LogP contribution in [0.4, 0.5) is 0 Å². The molecule has 0 aliphatic rings. The minimum absolute atomic E-state index is 0.518. The van der Waals surface area contributed by atoms with Crippen molar-refractivity contribution in [2.24, 2.45) is 5.73 Å². The number of aromatic nitrogens is 3. The van der Waals surface area contributed by atoms with Crippen LogP contribution < -0.4 is 5.73 Å². The van der Waals surface area contributed by atoms with E-state index in [0.717, 1.165) is 17.9 Å². The minimum Gasteiger partial charge on any atom is -0.327 e. The number of imidazole rings is 1. The Morgan fingerprint density at radius 1 is 1.54 bits per heavy atom. The SMILES string of the molecule is NCc1cncn1Cc1cscn1. The third-order valence-electron chi connectivity index (χ3n) is 1.82. The van der Waals surface area contributed by atoms with Gasteiger partial charge in [-0.05, 0) is 0 Å². The van der Waals surface area contributed by atoms with E-state index >= 15 is 0 Å². The summed E-state index contributed by atoms with van der Waals surface area (Å²) in [7, 11) is 0. The molecule has 0 aromatic carbocycles. The summed E-state index contributed by atoms with van der Waals surface area (Å²) in [5, 5.41) is 2.03. The van der Waals surface area contributed by atoms with E-state index in [-0.39, 0.29) is 0 Å². The van der Waals surface area contributed by atoms with Gasteiger partial charge in [-0.15, -0.1) is 11.3 Å². The minimum atomic E-state index is 0.518. The molecule has 0 aliphatic carbocycles. The lowest BCUT2D eigenvalue weighted by molar-refractivity contribution is 0.727. The van der Waals surface area contributed by atoms with Crippen LogP contribution in [0.25, 0.3) is 0 Å². The second-order valence-corrected chi connectivity index (χ2v) is 3.42. The maximum Gasteiger partial charge on any atom is 0.0952 e. The van der Waals surface area contributed by atoms with Gasteiger partial charge in [0.2, 0.25) is 0 Å². The van der Waals surface area contributed by atoms with Crippen molar-refractivity contribution < 1.29 is 0 Å². The largest absolute Gasteiger partial charge is 0.327 e. The van der Waals surface area contributed by atoms with Crippen molar-refractivity contribution in [3.8, 4) is 0 Å². The van der Waals surface area contributed by atoms with Crippen molar-refractivity contribution in [1.82, 2.24) is 14.5 Å². The Hall–Kier alpha value is -1.20. The molecular weight excluding hydrogens is 184 g/mol. The van der Waals surface area contributed by atoms with Gasteiger partial charge in [-0.25, -0.2) is 9.97 Å². The van der Waals surface area contributed by atoms with E-state index in [2.05, 4.69) is 9.97 Å². The van der Waals surface area contributed by atoms with Crippen LogP contribution in [0.2, 0.25) is 0 Å². The number of rotatable bonds is 3. The highest BCUT2D eigenvalue weighted by atomic mass is 32.1. The third kappa shape index (κ3) is 1.76. The third-order valence-corrected chi connectivity index (χ3v) is 2.46. The van der Waals surface area contributed by atoms with Gasteiger partial charge in [0.1, 0.15) is 0 Å². The molecule has 4 nitrogen and oxygen atoms in total. The van der Waals surface area contributed by atoms with Gasteiger partial charge in [-0.1, -0.05) is 0 Å². The van der Waals surface area contributed by atoms with E-state index in [1.807, 2.05) is 15.5 Å². The molecule has 68 valence electrons. The Balaban J connectivity index is 2.18. The van der Waals surface area contributed by atoms with Gasteiger partial charge in [0.15, 0.2) is 0 Å². The van der Waals surface area contributed by atoms with Crippen LogP contribution in [0, 0.1) is 0 Å². The average Bonchev–Trinajstić information content (AvgIpc) is 2.76. The molecule has 0 spiro atoms. The highest BCUT2D eigenvalue weighted by molar-refractivity contribution is 7.07. The highest BCUT2D eigenvalue weighted by Crippen LogP contribution is 2.06. The number of hydrogen-bond acceptors (Lipinski definition) is 4. The van der Waals surface area contributed by atoms with Crippen LogP contribution in [0.3, 0.4) is 0 Å². The summed E-state index contributed by atoms with van der Waals surface area (Å²) < 4.78 is 2.01. The van der Waals surface area contributed by atoms with Gasteiger partial charge in [0.05, 0.1) is 29.8 Å².